The molecule has 1 heterocycles. The number of rotatable bonds is 2. The molecule has 1 aromatic carbocycles. The van der Waals surface area contributed by atoms with Crippen LogP contribution in [-0.4, -0.2) is 9.97 Å². The molecule has 1 aromatic heterocycles. The Morgan fingerprint density at radius 3 is 2.58 bits per heavy atom. The zero-order valence-corrected chi connectivity index (χ0v) is 11.9. The molecule has 1 fully saturated rings. The van der Waals surface area contributed by atoms with Gasteiger partial charge in [0.05, 0.1) is 27.5 Å². The first-order valence-corrected chi connectivity index (χ1v) is 7.14. The fraction of sp³-hybridized carbons (Fsp3) is 0.357. The van der Waals surface area contributed by atoms with Crippen molar-refractivity contribution >= 4 is 23.2 Å². The van der Waals surface area contributed by atoms with E-state index >= 15 is 0 Å². The average Bonchev–Trinajstić information content (AvgIpc) is 3.02. The minimum Gasteiger partial charge on any atom is -0.340 e. The molecule has 1 saturated carbocycles. The summed E-state index contributed by atoms with van der Waals surface area (Å²) in [6.07, 6.45) is 6.11. The lowest BCUT2D eigenvalue weighted by Gasteiger charge is -2.20. The quantitative estimate of drug-likeness (QED) is 0.876. The van der Waals surface area contributed by atoms with Crippen LogP contribution in [0.4, 0.5) is 0 Å². The Balaban J connectivity index is 1.94. The highest BCUT2D eigenvalue weighted by Gasteiger charge is 2.33. The van der Waals surface area contributed by atoms with Gasteiger partial charge in [-0.3, -0.25) is 0 Å². The Morgan fingerprint density at radius 2 is 1.89 bits per heavy atom. The van der Waals surface area contributed by atoms with E-state index in [0.717, 1.165) is 29.9 Å². The molecule has 0 spiro atoms. The van der Waals surface area contributed by atoms with E-state index in [1.54, 1.807) is 6.07 Å². The molecule has 19 heavy (non-hydrogen) atoms. The molecule has 1 aliphatic carbocycles. The summed E-state index contributed by atoms with van der Waals surface area (Å²) in [5, 5.41) is 1.09. The standard InChI is InChI=1S/C14H15Cl2N3/c15-10-4-3-9(7-11(10)16)12-8-18-13(19-12)14(17)5-1-2-6-14/h3-4,7-8H,1-2,5-6,17H2,(H,18,19). The largest absolute Gasteiger partial charge is 0.340 e. The highest BCUT2D eigenvalue weighted by Crippen LogP contribution is 2.36. The summed E-state index contributed by atoms with van der Waals surface area (Å²) in [6.45, 7) is 0. The van der Waals surface area contributed by atoms with Gasteiger partial charge in [0, 0.05) is 5.56 Å². The predicted molar refractivity (Wildman–Crippen MR) is 78.4 cm³/mol. The SMILES string of the molecule is NC1(c2ncc(-c3ccc(Cl)c(Cl)c3)[nH]2)CCCC1. The van der Waals surface area contributed by atoms with Gasteiger partial charge in [-0.25, -0.2) is 4.98 Å². The van der Waals surface area contributed by atoms with E-state index in [1.165, 1.54) is 12.8 Å². The molecule has 1 aliphatic rings. The monoisotopic (exact) mass is 295 g/mol. The molecule has 100 valence electrons. The van der Waals surface area contributed by atoms with E-state index in [0.29, 0.717) is 10.0 Å². The van der Waals surface area contributed by atoms with E-state index in [1.807, 2.05) is 18.3 Å². The number of nitrogens with two attached hydrogens (primary N) is 1. The number of aromatic nitrogens is 2. The first-order valence-electron chi connectivity index (χ1n) is 6.38. The van der Waals surface area contributed by atoms with E-state index in [4.69, 9.17) is 28.9 Å². The number of H-pyrrole nitrogens is 1. The van der Waals surface area contributed by atoms with Crippen LogP contribution in [0.3, 0.4) is 0 Å². The summed E-state index contributed by atoms with van der Waals surface area (Å²) in [4.78, 5) is 7.76. The van der Waals surface area contributed by atoms with Crippen LogP contribution >= 0.6 is 23.2 Å². The van der Waals surface area contributed by atoms with Gasteiger partial charge in [0.25, 0.3) is 0 Å². The minimum atomic E-state index is -0.297. The molecular formula is C14H15Cl2N3. The molecule has 3 rings (SSSR count). The van der Waals surface area contributed by atoms with Gasteiger partial charge in [0.15, 0.2) is 0 Å². The number of hydrogen-bond acceptors (Lipinski definition) is 2. The van der Waals surface area contributed by atoms with Gasteiger partial charge in [-0.15, -0.1) is 0 Å². The second-order valence-corrected chi connectivity index (χ2v) is 5.95. The van der Waals surface area contributed by atoms with E-state index in [9.17, 15) is 0 Å². The second-order valence-electron chi connectivity index (χ2n) is 5.14. The molecule has 0 bridgehead atoms. The molecule has 3 N–H and O–H groups in total. The fourth-order valence-electron chi connectivity index (χ4n) is 2.63. The predicted octanol–water partition coefficient (Wildman–Crippen LogP) is 4.11. The smallest absolute Gasteiger partial charge is 0.126 e. The van der Waals surface area contributed by atoms with E-state index < -0.39 is 0 Å². The summed E-state index contributed by atoms with van der Waals surface area (Å²) in [5.74, 6) is 0.867. The van der Waals surface area contributed by atoms with Gasteiger partial charge >= 0.3 is 0 Å². The van der Waals surface area contributed by atoms with E-state index in [-0.39, 0.29) is 5.54 Å². The topological polar surface area (TPSA) is 54.7 Å². The Kier molecular flexibility index (Phi) is 3.29. The third-order valence-electron chi connectivity index (χ3n) is 3.77. The van der Waals surface area contributed by atoms with Crippen molar-refractivity contribution in [2.75, 3.05) is 0 Å². The van der Waals surface area contributed by atoms with Crippen LogP contribution < -0.4 is 5.73 Å². The third-order valence-corrected chi connectivity index (χ3v) is 4.51. The van der Waals surface area contributed by atoms with Crippen LogP contribution in [0.25, 0.3) is 11.3 Å². The zero-order valence-electron chi connectivity index (χ0n) is 10.4. The lowest BCUT2D eigenvalue weighted by molar-refractivity contribution is 0.436. The third kappa shape index (κ3) is 2.38. The molecule has 0 unspecified atom stereocenters. The van der Waals surface area contributed by atoms with Crippen molar-refractivity contribution in [2.24, 2.45) is 5.73 Å². The second kappa shape index (κ2) is 4.82. The zero-order chi connectivity index (χ0) is 13.5. The maximum absolute atomic E-state index is 6.38. The Morgan fingerprint density at radius 1 is 1.16 bits per heavy atom. The Labute approximate surface area is 122 Å². The first kappa shape index (κ1) is 13.0. The number of hydrogen-bond donors (Lipinski definition) is 2. The van der Waals surface area contributed by atoms with Crippen molar-refractivity contribution in [3.8, 4) is 11.3 Å². The number of aromatic amines is 1. The lowest BCUT2D eigenvalue weighted by Crippen LogP contribution is -2.34. The summed E-state index contributed by atoms with van der Waals surface area (Å²) >= 11 is 12.0. The van der Waals surface area contributed by atoms with Crippen molar-refractivity contribution in [3.63, 3.8) is 0 Å². The molecule has 3 nitrogen and oxygen atoms in total. The molecule has 0 radical (unpaired) electrons. The number of nitrogens with one attached hydrogen (secondary N) is 1. The molecule has 2 aromatic rings. The maximum atomic E-state index is 6.38. The molecule has 0 saturated heterocycles. The number of benzene rings is 1. The van der Waals surface area contributed by atoms with Gasteiger partial charge in [0.1, 0.15) is 5.82 Å². The first-order chi connectivity index (χ1) is 9.08. The van der Waals surface area contributed by atoms with Crippen LogP contribution in [-0.2, 0) is 5.54 Å². The Hall–Kier alpha value is -1.03. The van der Waals surface area contributed by atoms with Crippen molar-refractivity contribution in [1.82, 2.24) is 9.97 Å². The highest BCUT2D eigenvalue weighted by atomic mass is 35.5. The van der Waals surface area contributed by atoms with Gasteiger partial charge in [0.2, 0.25) is 0 Å². The van der Waals surface area contributed by atoms with Gasteiger partial charge < -0.3 is 10.7 Å². The van der Waals surface area contributed by atoms with Crippen LogP contribution in [0, 0.1) is 0 Å². The number of nitrogens with zero attached hydrogens (tertiary/aromatic N) is 1. The van der Waals surface area contributed by atoms with Gasteiger partial charge in [-0.05, 0) is 25.0 Å². The van der Waals surface area contributed by atoms with E-state index in [2.05, 4.69) is 9.97 Å². The summed E-state index contributed by atoms with van der Waals surface area (Å²) in [7, 11) is 0. The molecule has 0 atom stereocenters. The van der Waals surface area contributed by atoms with Crippen LogP contribution in [0.15, 0.2) is 24.4 Å². The number of halogens is 2. The van der Waals surface area contributed by atoms with Crippen molar-refractivity contribution in [2.45, 2.75) is 31.2 Å². The Bertz CT molecular complexity index is 600. The van der Waals surface area contributed by atoms with Crippen LogP contribution in [0.1, 0.15) is 31.5 Å². The van der Waals surface area contributed by atoms with Crippen LogP contribution in [0.5, 0.6) is 0 Å². The van der Waals surface area contributed by atoms with Crippen LogP contribution in [0.2, 0.25) is 10.0 Å². The summed E-state index contributed by atoms with van der Waals surface area (Å²) < 4.78 is 0. The maximum Gasteiger partial charge on any atom is 0.126 e. The van der Waals surface area contributed by atoms with Crippen molar-refractivity contribution in [3.05, 3.63) is 40.3 Å². The fourth-order valence-corrected chi connectivity index (χ4v) is 2.93. The summed E-state index contributed by atoms with van der Waals surface area (Å²) in [6, 6.07) is 5.54. The molecule has 0 aliphatic heterocycles. The minimum absolute atomic E-state index is 0.297. The molecule has 0 amide bonds. The summed E-state index contributed by atoms with van der Waals surface area (Å²) in [5.41, 5.74) is 7.98. The van der Waals surface area contributed by atoms with Crippen molar-refractivity contribution in [1.29, 1.82) is 0 Å². The van der Waals surface area contributed by atoms with Crippen molar-refractivity contribution < 1.29 is 0 Å². The normalized spacial score (nSPS) is 17.8. The number of imidazole rings is 1. The molecule has 5 heteroatoms. The van der Waals surface area contributed by atoms with Gasteiger partial charge in [-0.1, -0.05) is 42.1 Å². The highest BCUT2D eigenvalue weighted by molar-refractivity contribution is 6.42. The molecular weight excluding hydrogens is 281 g/mol. The van der Waals surface area contributed by atoms with Gasteiger partial charge in [-0.2, -0.15) is 0 Å². The lowest BCUT2D eigenvalue weighted by atomic mass is 9.99. The average molecular weight is 296 g/mol.